The van der Waals surface area contributed by atoms with E-state index in [2.05, 4.69) is 0 Å². The molecule has 2 aliphatic heterocycles. The number of aliphatic hydroxyl groups excluding tert-OH is 6. The van der Waals surface area contributed by atoms with Crippen molar-refractivity contribution in [3.63, 3.8) is 0 Å². The van der Waals surface area contributed by atoms with Crippen LogP contribution < -0.4 is 5.69 Å². The first kappa shape index (κ1) is 25.2. The number of imidazole rings is 1. The molecular formula is C21H30N2O11. The van der Waals surface area contributed by atoms with Gasteiger partial charge in [0.15, 0.2) is 12.6 Å². The fourth-order valence-electron chi connectivity index (χ4n) is 4.68. The van der Waals surface area contributed by atoms with Crippen LogP contribution in [0.2, 0.25) is 0 Å². The summed E-state index contributed by atoms with van der Waals surface area (Å²) in [6.07, 6.45) is -13.2. The number of para-hydroxylation sites is 2. The van der Waals surface area contributed by atoms with Crippen molar-refractivity contribution in [2.45, 2.75) is 74.5 Å². The molecular weight excluding hydrogens is 456 g/mol. The van der Waals surface area contributed by atoms with E-state index in [-0.39, 0.29) is 13.1 Å². The van der Waals surface area contributed by atoms with Gasteiger partial charge in [-0.05, 0) is 12.1 Å². The smallest absolute Gasteiger partial charge is 0.329 e. The highest BCUT2D eigenvalue weighted by Crippen LogP contribution is 2.26. The first-order valence-corrected chi connectivity index (χ1v) is 10.8. The van der Waals surface area contributed by atoms with Crippen LogP contribution in [0.15, 0.2) is 29.1 Å². The minimum absolute atomic E-state index is 0.173. The zero-order valence-electron chi connectivity index (χ0n) is 18.6. The van der Waals surface area contributed by atoms with Crippen LogP contribution in [-0.4, -0.2) is 115 Å². The van der Waals surface area contributed by atoms with Crippen LogP contribution in [-0.2, 0) is 32.0 Å². The molecule has 2 aliphatic rings. The molecule has 0 aliphatic carbocycles. The Labute approximate surface area is 193 Å². The molecule has 4 rings (SSSR count). The lowest BCUT2D eigenvalue weighted by atomic mass is 9.98. The van der Waals surface area contributed by atoms with Gasteiger partial charge in [-0.1, -0.05) is 12.1 Å². The SMILES string of the molecule is CO[C@@H]1[C@@H](O)[C@H](O)O[C@H](Cn2c(=O)n(C[C@H]3O[C@@H](O)[C@H](O)[C@@H](OC)[C@@H]3O)c3ccccc32)[C@H]1O. The van der Waals surface area contributed by atoms with E-state index in [1.165, 1.54) is 23.4 Å². The van der Waals surface area contributed by atoms with Crippen molar-refractivity contribution in [2.75, 3.05) is 14.2 Å². The Hall–Kier alpha value is -1.91. The molecule has 2 fully saturated rings. The average molecular weight is 486 g/mol. The maximum absolute atomic E-state index is 13.4. The van der Waals surface area contributed by atoms with Crippen molar-refractivity contribution in [1.29, 1.82) is 0 Å². The molecule has 0 saturated carbocycles. The molecule has 13 nitrogen and oxygen atoms in total. The van der Waals surface area contributed by atoms with Gasteiger partial charge in [-0.25, -0.2) is 4.79 Å². The number of aromatic nitrogens is 2. The van der Waals surface area contributed by atoms with E-state index >= 15 is 0 Å². The molecule has 2 aromatic rings. The predicted molar refractivity (Wildman–Crippen MR) is 114 cm³/mol. The fourth-order valence-corrected chi connectivity index (χ4v) is 4.68. The molecule has 0 spiro atoms. The van der Waals surface area contributed by atoms with Gasteiger partial charge in [0.1, 0.15) is 48.8 Å². The van der Waals surface area contributed by atoms with E-state index in [1.807, 2.05) is 0 Å². The largest absolute Gasteiger partial charge is 0.388 e. The Kier molecular flexibility index (Phi) is 7.40. The Morgan fingerprint density at radius 1 is 0.735 bits per heavy atom. The van der Waals surface area contributed by atoms with Gasteiger partial charge < -0.3 is 49.6 Å². The highest BCUT2D eigenvalue weighted by Gasteiger charge is 2.46. The van der Waals surface area contributed by atoms with E-state index in [0.717, 1.165) is 0 Å². The second-order valence-electron chi connectivity index (χ2n) is 8.49. The summed E-state index contributed by atoms with van der Waals surface area (Å²) in [6, 6.07) is 6.78. The zero-order chi connectivity index (χ0) is 24.7. The topological polar surface area (TPSA) is 185 Å². The Balaban J connectivity index is 1.66. The lowest BCUT2D eigenvalue weighted by molar-refractivity contribution is -0.288. The summed E-state index contributed by atoms with van der Waals surface area (Å²) in [6.45, 7) is -0.347. The molecule has 2 saturated heterocycles. The molecule has 0 amide bonds. The number of aliphatic hydroxyl groups is 6. The van der Waals surface area contributed by atoms with Gasteiger partial charge >= 0.3 is 5.69 Å². The molecule has 34 heavy (non-hydrogen) atoms. The van der Waals surface area contributed by atoms with Crippen LogP contribution in [0.5, 0.6) is 0 Å². The molecule has 1 aromatic carbocycles. The Morgan fingerprint density at radius 3 is 1.47 bits per heavy atom. The van der Waals surface area contributed by atoms with Crippen LogP contribution >= 0.6 is 0 Å². The standard InChI is InChI=1S/C21H30N2O11/c1-31-17-13(24)11(33-19(28)15(17)26)7-22-9-5-3-4-6-10(9)23(21(22)30)8-12-14(25)18(32-2)16(27)20(29)34-12/h3-6,11-20,24-29H,7-8H2,1-2H3/t11-,12-,13-,14-,15-,16-,17+,18+,19-,20-/m1/s1. The number of hydrogen-bond donors (Lipinski definition) is 6. The highest BCUT2D eigenvalue weighted by atomic mass is 16.6. The fraction of sp³-hybridized carbons (Fsp3) is 0.667. The molecule has 190 valence electrons. The van der Waals surface area contributed by atoms with Crippen molar-refractivity contribution in [2.24, 2.45) is 0 Å². The van der Waals surface area contributed by atoms with E-state index in [9.17, 15) is 35.4 Å². The van der Waals surface area contributed by atoms with Crippen LogP contribution in [0, 0.1) is 0 Å². The first-order valence-electron chi connectivity index (χ1n) is 10.8. The maximum atomic E-state index is 13.4. The summed E-state index contributed by atoms with van der Waals surface area (Å²) >= 11 is 0. The number of hydrogen-bond acceptors (Lipinski definition) is 11. The number of nitrogens with zero attached hydrogens (tertiary/aromatic N) is 2. The van der Waals surface area contributed by atoms with Gasteiger partial charge in [0.05, 0.1) is 24.1 Å². The summed E-state index contributed by atoms with van der Waals surface area (Å²) in [5.74, 6) is 0. The second kappa shape index (κ2) is 9.99. The number of methoxy groups -OCH3 is 2. The third kappa shape index (κ3) is 4.28. The molecule has 0 unspecified atom stereocenters. The van der Waals surface area contributed by atoms with Crippen LogP contribution in [0.4, 0.5) is 0 Å². The van der Waals surface area contributed by atoms with Gasteiger partial charge in [-0.2, -0.15) is 0 Å². The minimum Gasteiger partial charge on any atom is -0.388 e. The van der Waals surface area contributed by atoms with E-state index in [0.29, 0.717) is 11.0 Å². The summed E-state index contributed by atoms with van der Waals surface area (Å²) in [5, 5.41) is 61.2. The molecule has 6 N–H and O–H groups in total. The summed E-state index contributed by atoms with van der Waals surface area (Å²) in [5.41, 5.74) is 0.427. The summed E-state index contributed by atoms with van der Waals surface area (Å²) < 4.78 is 23.5. The monoisotopic (exact) mass is 486 g/mol. The van der Waals surface area contributed by atoms with Crippen molar-refractivity contribution < 1.29 is 49.6 Å². The van der Waals surface area contributed by atoms with Gasteiger partial charge in [0.25, 0.3) is 0 Å². The molecule has 13 heteroatoms. The highest BCUT2D eigenvalue weighted by molar-refractivity contribution is 5.76. The van der Waals surface area contributed by atoms with Gasteiger partial charge in [0, 0.05) is 14.2 Å². The van der Waals surface area contributed by atoms with Crippen LogP contribution in [0.25, 0.3) is 11.0 Å². The maximum Gasteiger partial charge on any atom is 0.329 e. The van der Waals surface area contributed by atoms with Crippen LogP contribution in [0.1, 0.15) is 0 Å². The Morgan fingerprint density at radius 2 is 1.12 bits per heavy atom. The third-order valence-corrected chi connectivity index (χ3v) is 6.52. The zero-order valence-corrected chi connectivity index (χ0v) is 18.6. The first-order chi connectivity index (χ1) is 16.2. The number of ether oxygens (including phenoxy) is 4. The van der Waals surface area contributed by atoms with Crippen molar-refractivity contribution in [3.05, 3.63) is 34.7 Å². The lowest BCUT2D eigenvalue weighted by Crippen LogP contribution is -2.60. The Bertz CT molecular complexity index is 963. The van der Waals surface area contributed by atoms with Crippen molar-refractivity contribution >= 4 is 11.0 Å². The van der Waals surface area contributed by atoms with E-state index < -0.39 is 67.1 Å². The lowest BCUT2D eigenvalue weighted by Gasteiger charge is -2.40. The van der Waals surface area contributed by atoms with Crippen molar-refractivity contribution in [3.8, 4) is 0 Å². The predicted octanol–water partition coefficient (Wildman–Crippen LogP) is -3.29. The molecule has 3 heterocycles. The van der Waals surface area contributed by atoms with E-state index in [1.54, 1.807) is 24.3 Å². The molecule has 10 atom stereocenters. The molecule has 0 radical (unpaired) electrons. The van der Waals surface area contributed by atoms with E-state index in [4.69, 9.17) is 18.9 Å². The normalized spacial score (nSPS) is 38.9. The number of benzene rings is 1. The minimum atomic E-state index is -1.62. The van der Waals surface area contributed by atoms with Gasteiger partial charge in [-0.3, -0.25) is 9.13 Å². The summed E-state index contributed by atoms with van der Waals surface area (Å²) in [4.78, 5) is 13.4. The third-order valence-electron chi connectivity index (χ3n) is 6.52. The van der Waals surface area contributed by atoms with Crippen molar-refractivity contribution in [1.82, 2.24) is 9.13 Å². The van der Waals surface area contributed by atoms with Crippen LogP contribution in [0.3, 0.4) is 0 Å². The van der Waals surface area contributed by atoms with Gasteiger partial charge in [-0.15, -0.1) is 0 Å². The summed E-state index contributed by atoms with van der Waals surface area (Å²) in [7, 11) is 2.55. The molecule has 1 aromatic heterocycles. The number of rotatable bonds is 6. The quantitative estimate of drug-likeness (QED) is 0.240. The number of fused-ring (bicyclic) bond motifs is 1. The van der Waals surface area contributed by atoms with Gasteiger partial charge in [0.2, 0.25) is 0 Å². The molecule has 0 bridgehead atoms. The second-order valence-corrected chi connectivity index (χ2v) is 8.49. The average Bonchev–Trinajstić information content (AvgIpc) is 3.07.